The van der Waals surface area contributed by atoms with Gasteiger partial charge in [0.2, 0.25) is 0 Å². The number of methoxy groups -OCH3 is 1. The molecule has 1 aliphatic rings. The first-order valence-corrected chi connectivity index (χ1v) is 9.58. The summed E-state index contributed by atoms with van der Waals surface area (Å²) >= 11 is 1.80. The summed E-state index contributed by atoms with van der Waals surface area (Å²) in [6.45, 7) is 3.21. The van der Waals surface area contributed by atoms with Crippen LogP contribution < -0.4 is 9.64 Å². The Hall–Kier alpha value is -2.44. The molecule has 2 aromatic heterocycles. The fraction of sp³-hybridized carbons (Fsp3) is 0.250. The molecule has 6 heteroatoms. The van der Waals surface area contributed by atoms with Crippen LogP contribution in [0.1, 0.15) is 11.4 Å². The van der Waals surface area contributed by atoms with E-state index < -0.39 is 0 Å². The number of rotatable bonds is 6. The topological polar surface area (TPSA) is 39.0 Å². The Morgan fingerprint density at radius 2 is 1.96 bits per heavy atom. The van der Waals surface area contributed by atoms with Crippen molar-refractivity contribution in [1.29, 1.82) is 0 Å². The quantitative estimate of drug-likeness (QED) is 0.611. The number of hydrogen-bond donors (Lipinski definition) is 0. The zero-order chi connectivity index (χ0) is 17.9. The second kappa shape index (κ2) is 7.43. The molecule has 3 aromatic rings. The van der Waals surface area contributed by atoms with Crippen molar-refractivity contribution in [2.45, 2.75) is 6.92 Å². The van der Waals surface area contributed by atoms with E-state index in [4.69, 9.17) is 14.5 Å². The molecule has 3 heterocycles. The average Bonchev–Trinajstić information content (AvgIpc) is 3.25. The fourth-order valence-electron chi connectivity index (χ4n) is 3.11. The zero-order valence-corrected chi connectivity index (χ0v) is 15.7. The van der Waals surface area contributed by atoms with Crippen molar-refractivity contribution in [2.75, 3.05) is 31.1 Å². The van der Waals surface area contributed by atoms with Crippen LogP contribution in [-0.2, 0) is 4.74 Å². The summed E-state index contributed by atoms with van der Waals surface area (Å²) in [6, 6.07) is 14.3. The van der Waals surface area contributed by atoms with Gasteiger partial charge in [-0.25, -0.2) is 4.98 Å². The standard InChI is InChI=1S/C20H21N3O2S/c1-15-20(22-10-4-3-5-19(22)21-15)18-13-26-14-23(18)16-6-8-17(9-7-16)25-12-11-24-2/h3-10,13H,11-12,14H2,1-2H3. The van der Waals surface area contributed by atoms with Gasteiger partial charge in [0.15, 0.2) is 0 Å². The maximum Gasteiger partial charge on any atom is 0.137 e. The number of benzene rings is 1. The second-order valence-corrected chi connectivity index (χ2v) is 6.86. The third-order valence-electron chi connectivity index (χ3n) is 4.34. The zero-order valence-electron chi connectivity index (χ0n) is 14.9. The van der Waals surface area contributed by atoms with Crippen LogP contribution in [0.15, 0.2) is 54.1 Å². The lowest BCUT2D eigenvalue weighted by Gasteiger charge is -2.22. The number of imidazole rings is 1. The van der Waals surface area contributed by atoms with Crippen LogP contribution in [0.25, 0.3) is 11.3 Å². The van der Waals surface area contributed by atoms with E-state index in [1.807, 2.05) is 30.3 Å². The highest BCUT2D eigenvalue weighted by Crippen LogP contribution is 2.37. The van der Waals surface area contributed by atoms with Crippen molar-refractivity contribution in [1.82, 2.24) is 9.38 Å². The Balaban J connectivity index is 1.61. The monoisotopic (exact) mass is 367 g/mol. The van der Waals surface area contributed by atoms with Crippen molar-refractivity contribution in [2.24, 2.45) is 0 Å². The molecule has 4 rings (SSSR count). The van der Waals surface area contributed by atoms with Gasteiger partial charge in [0.05, 0.1) is 29.6 Å². The summed E-state index contributed by atoms with van der Waals surface area (Å²) in [5, 5.41) is 2.21. The molecule has 134 valence electrons. The Labute approximate surface area is 157 Å². The van der Waals surface area contributed by atoms with E-state index in [2.05, 4.69) is 40.0 Å². The van der Waals surface area contributed by atoms with Gasteiger partial charge in [-0.15, -0.1) is 11.8 Å². The molecule has 1 aliphatic heterocycles. The summed E-state index contributed by atoms with van der Waals surface area (Å²) in [5.41, 5.74) is 5.48. The van der Waals surface area contributed by atoms with Gasteiger partial charge in [-0.3, -0.25) is 4.40 Å². The van der Waals surface area contributed by atoms with E-state index in [0.717, 1.165) is 34.3 Å². The molecule has 0 amide bonds. The first-order chi connectivity index (χ1) is 12.8. The third kappa shape index (κ3) is 3.18. The Kier molecular flexibility index (Phi) is 4.86. The van der Waals surface area contributed by atoms with Gasteiger partial charge in [0.1, 0.15) is 18.0 Å². The van der Waals surface area contributed by atoms with Gasteiger partial charge in [-0.2, -0.15) is 0 Å². The van der Waals surface area contributed by atoms with Gasteiger partial charge in [0.25, 0.3) is 0 Å². The van der Waals surface area contributed by atoms with Crippen LogP contribution in [0.4, 0.5) is 5.69 Å². The van der Waals surface area contributed by atoms with Crippen molar-refractivity contribution < 1.29 is 9.47 Å². The van der Waals surface area contributed by atoms with Crippen LogP contribution in [0, 0.1) is 6.92 Å². The summed E-state index contributed by atoms with van der Waals surface area (Å²) < 4.78 is 12.8. The number of aryl methyl sites for hydroxylation is 1. The number of aromatic nitrogens is 2. The minimum absolute atomic E-state index is 0.557. The van der Waals surface area contributed by atoms with Crippen LogP contribution in [0.2, 0.25) is 0 Å². The highest BCUT2D eigenvalue weighted by atomic mass is 32.2. The SMILES string of the molecule is COCCOc1ccc(N2CSC=C2c2c(C)nc3ccccn23)cc1. The number of thioether (sulfide) groups is 1. The number of nitrogens with zero attached hydrogens (tertiary/aromatic N) is 3. The second-order valence-electron chi connectivity index (χ2n) is 6.04. The summed E-state index contributed by atoms with van der Waals surface area (Å²) in [4.78, 5) is 7.01. The van der Waals surface area contributed by atoms with Gasteiger partial charge < -0.3 is 14.4 Å². The van der Waals surface area contributed by atoms with Crippen molar-refractivity contribution in [3.63, 3.8) is 0 Å². The molecule has 0 saturated carbocycles. The van der Waals surface area contributed by atoms with E-state index >= 15 is 0 Å². The molecule has 1 aromatic carbocycles. The van der Waals surface area contributed by atoms with Crippen molar-refractivity contribution in [3.8, 4) is 5.75 Å². The minimum Gasteiger partial charge on any atom is -0.491 e. The Morgan fingerprint density at radius 1 is 1.12 bits per heavy atom. The summed E-state index contributed by atoms with van der Waals surface area (Å²) in [6.07, 6.45) is 2.07. The maximum absolute atomic E-state index is 5.66. The van der Waals surface area contributed by atoms with E-state index in [-0.39, 0.29) is 0 Å². The summed E-state index contributed by atoms with van der Waals surface area (Å²) in [7, 11) is 1.67. The number of anilines is 1. The molecule has 5 nitrogen and oxygen atoms in total. The molecule has 0 saturated heterocycles. The molecule has 0 unspecified atom stereocenters. The lowest BCUT2D eigenvalue weighted by Crippen LogP contribution is -2.18. The van der Waals surface area contributed by atoms with Gasteiger partial charge >= 0.3 is 0 Å². The lowest BCUT2D eigenvalue weighted by atomic mass is 10.2. The highest BCUT2D eigenvalue weighted by molar-refractivity contribution is 8.02. The highest BCUT2D eigenvalue weighted by Gasteiger charge is 2.24. The molecular formula is C20H21N3O2S. The van der Waals surface area contributed by atoms with Crippen LogP contribution in [-0.4, -0.2) is 35.6 Å². The van der Waals surface area contributed by atoms with Crippen LogP contribution >= 0.6 is 11.8 Å². The first kappa shape index (κ1) is 17.0. The smallest absolute Gasteiger partial charge is 0.137 e. The predicted molar refractivity (Wildman–Crippen MR) is 107 cm³/mol. The molecule has 0 aliphatic carbocycles. The Bertz CT molecular complexity index is 934. The number of fused-ring (bicyclic) bond motifs is 1. The predicted octanol–water partition coefficient (Wildman–Crippen LogP) is 4.18. The molecule has 0 atom stereocenters. The molecule has 0 N–H and O–H groups in total. The van der Waals surface area contributed by atoms with Gasteiger partial charge in [-0.1, -0.05) is 6.07 Å². The van der Waals surface area contributed by atoms with Gasteiger partial charge in [0, 0.05) is 19.0 Å². The summed E-state index contributed by atoms with van der Waals surface area (Å²) in [5.74, 6) is 1.74. The van der Waals surface area contributed by atoms with E-state index in [9.17, 15) is 0 Å². The lowest BCUT2D eigenvalue weighted by molar-refractivity contribution is 0.146. The van der Waals surface area contributed by atoms with E-state index in [0.29, 0.717) is 13.2 Å². The normalized spacial score (nSPS) is 14.1. The van der Waals surface area contributed by atoms with Crippen LogP contribution in [0.5, 0.6) is 5.75 Å². The van der Waals surface area contributed by atoms with E-state index in [1.54, 1.807) is 18.9 Å². The van der Waals surface area contributed by atoms with Crippen molar-refractivity contribution in [3.05, 3.63) is 65.5 Å². The average molecular weight is 367 g/mol. The largest absolute Gasteiger partial charge is 0.491 e. The molecule has 0 bridgehead atoms. The number of ether oxygens (including phenoxy) is 2. The minimum atomic E-state index is 0.557. The molecule has 0 radical (unpaired) electrons. The fourth-order valence-corrected chi connectivity index (χ4v) is 4.02. The maximum atomic E-state index is 5.66. The third-order valence-corrected chi connectivity index (χ3v) is 5.14. The van der Waals surface area contributed by atoms with Gasteiger partial charge in [-0.05, 0) is 48.7 Å². The molecule has 0 spiro atoms. The molecule has 26 heavy (non-hydrogen) atoms. The van der Waals surface area contributed by atoms with E-state index in [1.165, 1.54) is 5.70 Å². The van der Waals surface area contributed by atoms with Crippen LogP contribution in [0.3, 0.4) is 0 Å². The molecule has 0 fully saturated rings. The Morgan fingerprint density at radius 3 is 2.77 bits per heavy atom. The molecular weight excluding hydrogens is 346 g/mol. The number of pyridine rings is 1. The van der Waals surface area contributed by atoms with Crippen molar-refractivity contribution >= 4 is 28.8 Å². The first-order valence-electron chi connectivity index (χ1n) is 8.53. The number of hydrogen-bond acceptors (Lipinski definition) is 5.